The first-order chi connectivity index (χ1) is 10.4. The Morgan fingerprint density at radius 3 is 2.91 bits per heavy atom. The summed E-state index contributed by atoms with van der Waals surface area (Å²) in [5.41, 5.74) is 6.12. The predicted molar refractivity (Wildman–Crippen MR) is 94.5 cm³/mol. The van der Waals surface area contributed by atoms with Crippen molar-refractivity contribution in [3.05, 3.63) is 30.1 Å². The second kappa shape index (κ2) is 8.50. The van der Waals surface area contributed by atoms with Gasteiger partial charge >= 0.3 is 0 Å². The molecule has 0 aromatic heterocycles. The molecule has 0 bridgehead atoms. The summed E-state index contributed by atoms with van der Waals surface area (Å²) in [4.78, 5) is 14.4. The van der Waals surface area contributed by atoms with Gasteiger partial charge in [-0.3, -0.25) is 4.79 Å². The van der Waals surface area contributed by atoms with Crippen LogP contribution < -0.4 is 16.0 Å². The van der Waals surface area contributed by atoms with Crippen LogP contribution in [0, 0.1) is 5.82 Å². The third-order valence-corrected chi connectivity index (χ3v) is 4.22. The van der Waals surface area contributed by atoms with Crippen LogP contribution in [0.2, 0.25) is 0 Å². The number of carbonyl (C=O) groups excluding carboxylic acids is 1. The number of anilines is 1. The summed E-state index contributed by atoms with van der Waals surface area (Å²) < 4.78 is 13.4. The first-order valence-electron chi connectivity index (χ1n) is 8.03. The fourth-order valence-corrected chi connectivity index (χ4v) is 2.99. The highest BCUT2D eigenvalue weighted by molar-refractivity contribution is 5.86. The molecule has 2 atom stereocenters. The lowest BCUT2D eigenvalue weighted by atomic mass is 9.95. The minimum Gasteiger partial charge on any atom is -0.369 e. The molecule has 0 aliphatic carbocycles. The number of carbonyl (C=O) groups is 1. The molecule has 0 radical (unpaired) electrons. The topological polar surface area (TPSA) is 58.4 Å². The van der Waals surface area contributed by atoms with Crippen LogP contribution in [0.5, 0.6) is 0 Å². The normalized spacial score (nSPS) is 20.3. The zero-order chi connectivity index (χ0) is 16.2. The number of hydrogen-bond acceptors (Lipinski definition) is 3. The van der Waals surface area contributed by atoms with Crippen molar-refractivity contribution in [2.24, 2.45) is 5.73 Å². The number of amides is 1. The third-order valence-electron chi connectivity index (χ3n) is 4.22. The van der Waals surface area contributed by atoms with E-state index >= 15 is 0 Å². The number of nitrogens with zero attached hydrogens (tertiary/aromatic N) is 1. The molecule has 1 aromatic carbocycles. The zero-order valence-electron chi connectivity index (χ0n) is 13.8. The summed E-state index contributed by atoms with van der Waals surface area (Å²) in [5, 5.41) is 3.06. The Bertz CT molecular complexity index is 524. The van der Waals surface area contributed by atoms with Crippen molar-refractivity contribution in [3.63, 3.8) is 0 Å². The molecule has 1 amide bonds. The summed E-state index contributed by atoms with van der Waals surface area (Å²) in [6.07, 6.45) is 3.44. The van der Waals surface area contributed by atoms with Gasteiger partial charge in [0.05, 0.1) is 5.54 Å². The first-order valence-corrected chi connectivity index (χ1v) is 8.03. The van der Waals surface area contributed by atoms with Gasteiger partial charge in [-0.05, 0) is 44.4 Å². The lowest BCUT2D eigenvalue weighted by molar-refractivity contribution is -0.126. The summed E-state index contributed by atoms with van der Waals surface area (Å²) in [6, 6.07) is 6.65. The average molecular weight is 344 g/mol. The maximum absolute atomic E-state index is 13.4. The van der Waals surface area contributed by atoms with Gasteiger partial charge < -0.3 is 16.0 Å². The van der Waals surface area contributed by atoms with Crippen molar-refractivity contribution in [2.45, 2.75) is 51.1 Å². The van der Waals surface area contributed by atoms with Gasteiger partial charge in [0.15, 0.2) is 0 Å². The van der Waals surface area contributed by atoms with Crippen LogP contribution >= 0.6 is 12.4 Å². The largest absolute Gasteiger partial charge is 0.369 e. The summed E-state index contributed by atoms with van der Waals surface area (Å²) in [5.74, 6) is -0.332. The SMILES string of the molecule is CCCC(C)(N)C(=O)NC1CCCN(c2cccc(F)c2)C1.Cl. The van der Waals surface area contributed by atoms with Crippen LogP contribution in [0.25, 0.3) is 0 Å². The predicted octanol–water partition coefficient (Wildman–Crippen LogP) is 2.85. The second-order valence-corrected chi connectivity index (χ2v) is 6.41. The van der Waals surface area contributed by atoms with Crippen LogP contribution in [-0.4, -0.2) is 30.6 Å². The van der Waals surface area contributed by atoms with Gasteiger partial charge in [0.1, 0.15) is 5.82 Å². The number of benzene rings is 1. The molecule has 2 rings (SSSR count). The zero-order valence-corrected chi connectivity index (χ0v) is 14.7. The monoisotopic (exact) mass is 343 g/mol. The van der Waals surface area contributed by atoms with E-state index < -0.39 is 5.54 Å². The van der Waals surface area contributed by atoms with E-state index in [0.29, 0.717) is 13.0 Å². The second-order valence-electron chi connectivity index (χ2n) is 6.41. The molecule has 6 heteroatoms. The van der Waals surface area contributed by atoms with Crippen LogP contribution in [0.4, 0.5) is 10.1 Å². The number of nitrogens with one attached hydrogen (secondary N) is 1. The van der Waals surface area contributed by atoms with Crippen molar-refractivity contribution < 1.29 is 9.18 Å². The molecule has 1 heterocycles. The number of piperidine rings is 1. The maximum Gasteiger partial charge on any atom is 0.240 e. The smallest absolute Gasteiger partial charge is 0.240 e. The van der Waals surface area contributed by atoms with Crippen molar-refractivity contribution in [1.29, 1.82) is 0 Å². The summed E-state index contributed by atoms with van der Waals surface area (Å²) in [7, 11) is 0. The van der Waals surface area contributed by atoms with Gasteiger partial charge in [-0.25, -0.2) is 4.39 Å². The average Bonchev–Trinajstić information content (AvgIpc) is 2.47. The molecule has 1 fully saturated rings. The molecular formula is C17H27ClFN3O. The fourth-order valence-electron chi connectivity index (χ4n) is 2.99. The molecule has 4 nitrogen and oxygen atoms in total. The van der Waals surface area contributed by atoms with Gasteiger partial charge in [0.25, 0.3) is 0 Å². The number of halogens is 2. The molecule has 1 aliphatic rings. The van der Waals surface area contributed by atoms with E-state index in [9.17, 15) is 9.18 Å². The van der Waals surface area contributed by atoms with Gasteiger partial charge in [-0.15, -0.1) is 12.4 Å². The van der Waals surface area contributed by atoms with Gasteiger partial charge in [-0.1, -0.05) is 19.4 Å². The molecule has 2 unspecified atom stereocenters. The standard InChI is InChI=1S/C17H26FN3O.ClH/c1-3-9-17(2,19)16(22)20-14-7-5-10-21(12-14)15-8-4-6-13(18)11-15;/h4,6,8,11,14H,3,5,7,9-10,12,19H2,1-2H3,(H,20,22);1H. The quantitative estimate of drug-likeness (QED) is 0.864. The lowest BCUT2D eigenvalue weighted by Gasteiger charge is -2.36. The molecule has 1 aliphatic heterocycles. The van der Waals surface area contributed by atoms with Gasteiger partial charge in [0, 0.05) is 24.8 Å². The van der Waals surface area contributed by atoms with Crippen molar-refractivity contribution in [1.82, 2.24) is 5.32 Å². The Morgan fingerprint density at radius 1 is 1.52 bits per heavy atom. The van der Waals surface area contributed by atoms with Crippen molar-refractivity contribution >= 4 is 24.0 Å². The van der Waals surface area contributed by atoms with E-state index in [1.807, 2.05) is 13.0 Å². The molecule has 0 spiro atoms. The highest BCUT2D eigenvalue weighted by Gasteiger charge is 2.30. The van der Waals surface area contributed by atoms with Crippen molar-refractivity contribution in [2.75, 3.05) is 18.0 Å². The van der Waals surface area contributed by atoms with Crippen LogP contribution in [-0.2, 0) is 4.79 Å². The van der Waals surface area contributed by atoms with Gasteiger partial charge in [-0.2, -0.15) is 0 Å². The Hall–Kier alpha value is -1.33. The lowest BCUT2D eigenvalue weighted by Crippen LogP contribution is -2.57. The van der Waals surface area contributed by atoms with E-state index in [-0.39, 0.29) is 30.2 Å². The van der Waals surface area contributed by atoms with Gasteiger partial charge in [0.2, 0.25) is 5.91 Å². The summed E-state index contributed by atoms with van der Waals surface area (Å²) >= 11 is 0. The van der Waals surface area contributed by atoms with E-state index in [1.54, 1.807) is 13.0 Å². The van der Waals surface area contributed by atoms with Crippen LogP contribution in [0.1, 0.15) is 39.5 Å². The molecule has 0 saturated carbocycles. The number of hydrogen-bond donors (Lipinski definition) is 2. The van der Waals surface area contributed by atoms with Crippen molar-refractivity contribution in [3.8, 4) is 0 Å². The molecular weight excluding hydrogens is 317 g/mol. The Labute approximate surface area is 144 Å². The molecule has 1 aromatic rings. The summed E-state index contributed by atoms with van der Waals surface area (Å²) in [6.45, 7) is 5.37. The minimum atomic E-state index is -0.824. The minimum absolute atomic E-state index is 0. The van der Waals surface area contributed by atoms with E-state index in [1.165, 1.54) is 12.1 Å². The Morgan fingerprint density at radius 2 is 2.26 bits per heavy atom. The Kier molecular flexibility index (Phi) is 7.29. The number of rotatable bonds is 5. The molecule has 130 valence electrons. The molecule has 3 N–H and O–H groups in total. The highest BCUT2D eigenvalue weighted by Crippen LogP contribution is 2.21. The Balaban J connectivity index is 0.00000264. The molecule has 23 heavy (non-hydrogen) atoms. The van der Waals surface area contributed by atoms with E-state index in [0.717, 1.165) is 31.5 Å². The number of nitrogens with two attached hydrogens (primary N) is 1. The fraction of sp³-hybridized carbons (Fsp3) is 0.588. The highest BCUT2D eigenvalue weighted by atomic mass is 35.5. The maximum atomic E-state index is 13.4. The van der Waals surface area contributed by atoms with E-state index in [2.05, 4.69) is 10.2 Å². The third kappa shape index (κ3) is 5.36. The van der Waals surface area contributed by atoms with Crippen LogP contribution in [0.15, 0.2) is 24.3 Å². The molecule has 1 saturated heterocycles. The first kappa shape index (κ1) is 19.7. The van der Waals surface area contributed by atoms with Crippen LogP contribution in [0.3, 0.4) is 0 Å². The van der Waals surface area contributed by atoms with E-state index in [4.69, 9.17) is 5.73 Å².